The van der Waals surface area contributed by atoms with Crippen molar-refractivity contribution in [1.82, 2.24) is 5.06 Å². The van der Waals surface area contributed by atoms with E-state index < -0.39 is 30.1 Å². The first-order valence-electron chi connectivity index (χ1n) is 7.62. The maximum absolute atomic E-state index is 13.6. The second-order valence-electron chi connectivity index (χ2n) is 6.66. The van der Waals surface area contributed by atoms with Crippen LogP contribution in [-0.4, -0.2) is 47.3 Å². The number of hydrogen-bond acceptors (Lipinski definition) is 7. The number of esters is 1. The summed E-state index contributed by atoms with van der Waals surface area (Å²) in [5, 5.41) is 9.93. The summed E-state index contributed by atoms with van der Waals surface area (Å²) in [6, 6.07) is 6.00. The number of phenols is 1. The fraction of sp³-hybridized carbons (Fsp3) is 0.529. The van der Waals surface area contributed by atoms with Crippen LogP contribution in [0.2, 0.25) is 0 Å². The first-order valence-corrected chi connectivity index (χ1v) is 7.62. The van der Waals surface area contributed by atoms with E-state index >= 15 is 0 Å². The van der Waals surface area contributed by atoms with Gasteiger partial charge >= 0.3 is 12.1 Å². The topological polar surface area (TPSA) is 85.3 Å². The lowest BCUT2D eigenvalue weighted by molar-refractivity contribution is -0.222. The van der Waals surface area contributed by atoms with E-state index in [1.165, 1.54) is 19.1 Å². The molecular formula is C17H24FNO6. The van der Waals surface area contributed by atoms with Crippen molar-refractivity contribution in [2.75, 3.05) is 13.9 Å². The number of alkyl halides is 1. The minimum absolute atomic E-state index is 0.0212. The largest absolute Gasteiger partial charge is 0.528 e. The van der Waals surface area contributed by atoms with Crippen molar-refractivity contribution in [3.05, 3.63) is 29.8 Å². The molecule has 0 spiro atoms. The Morgan fingerprint density at radius 2 is 1.72 bits per heavy atom. The molecule has 0 radical (unpaired) electrons. The van der Waals surface area contributed by atoms with Gasteiger partial charge in [0, 0.05) is 6.42 Å². The molecule has 8 heteroatoms. The second kappa shape index (κ2) is 8.15. The van der Waals surface area contributed by atoms with E-state index in [-0.39, 0.29) is 12.2 Å². The van der Waals surface area contributed by atoms with Gasteiger partial charge in [0.2, 0.25) is 0 Å². The predicted molar refractivity (Wildman–Crippen MR) is 87.4 cm³/mol. The molecule has 1 N–H and O–H groups in total. The van der Waals surface area contributed by atoms with Crippen LogP contribution in [0.4, 0.5) is 9.18 Å². The quantitative estimate of drug-likeness (QED) is 0.476. The van der Waals surface area contributed by atoms with Gasteiger partial charge in [-0.1, -0.05) is 17.2 Å². The highest BCUT2D eigenvalue weighted by molar-refractivity contribution is 5.80. The summed E-state index contributed by atoms with van der Waals surface area (Å²) in [5.74, 6) is -0.738. The summed E-state index contributed by atoms with van der Waals surface area (Å²) in [6.45, 7) is 5.02. The average molecular weight is 356 g/mol. The van der Waals surface area contributed by atoms with E-state index in [4.69, 9.17) is 14.3 Å². The van der Waals surface area contributed by atoms with Crippen molar-refractivity contribution in [1.29, 1.82) is 0 Å². The van der Waals surface area contributed by atoms with Gasteiger partial charge in [-0.15, -0.1) is 0 Å². The third-order valence-corrected chi connectivity index (χ3v) is 3.34. The normalized spacial score (nSPS) is 13.9. The summed E-state index contributed by atoms with van der Waals surface area (Å²) in [4.78, 5) is 29.0. The van der Waals surface area contributed by atoms with Crippen molar-refractivity contribution >= 4 is 12.1 Å². The summed E-state index contributed by atoms with van der Waals surface area (Å²) < 4.78 is 23.3. The number of aromatic hydroxyl groups is 1. The number of rotatable bonds is 6. The maximum Gasteiger partial charge on any atom is 0.528 e. The Balaban J connectivity index is 3.06. The van der Waals surface area contributed by atoms with E-state index in [9.17, 15) is 19.1 Å². The third kappa shape index (κ3) is 5.90. The first-order chi connectivity index (χ1) is 11.5. The molecule has 0 fully saturated rings. The van der Waals surface area contributed by atoms with Gasteiger partial charge in [0.15, 0.2) is 12.3 Å². The summed E-state index contributed by atoms with van der Waals surface area (Å²) >= 11 is 0. The highest BCUT2D eigenvalue weighted by Gasteiger charge is 2.44. The second-order valence-corrected chi connectivity index (χ2v) is 6.66. The number of hydrogen-bond donors (Lipinski definition) is 1. The van der Waals surface area contributed by atoms with Gasteiger partial charge in [-0.2, -0.15) is 0 Å². The third-order valence-electron chi connectivity index (χ3n) is 3.34. The molecule has 0 heterocycles. The SMILES string of the molecule is COC(=O)C(C)(Cc1ccc(O)cc1)N(C[18F])OC(=O)OC(C)(C)C. The number of nitrogens with zero attached hydrogens (tertiary/aromatic N) is 1. The first kappa shape index (κ1) is 20.7. The van der Waals surface area contributed by atoms with Gasteiger partial charge in [0.1, 0.15) is 11.4 Å². The number of hydroxylamine groups is 2. The van der Waals surface area contributed by atoms with E-state index in [2.05, 4.69) is 0 Å². The maximum atomic E-state index is 13.6. The van der Waals surface area contributed by atoms with E-state index in [1.54, 1.807) is 32.9 Å². The predicted octanol–water partition coefficient (Wildman–Crippen LogP) is 2.96. The number of methoxy groups -OCH3 is 1. The Bertz CT molecular complexity index is 598. The van der Waals surface area contributed by atoms with Crippen LogP contribution in [0.5, 0.6) is 5.75 Å². The molecule has 0 aromatic heterocycles. The van der Waals surface area contributed by atoms with Crippen molar-refractivity contribution < 1.29 is 33.4 Å². The molecule has 0 saturated heterocycles. The molecule has 1 aromatic carbocycles. The van der Waals surface area contributed by atoms with Crippen LogP contribution >= 0.6 is 0 Å². The van der Waals surface area contributed by atoms with Crippen molar-refractivity contribution in [2.24, 2.45) is 0 Å². The van der Waals surface area contributed by atoms with Gasteiger partial charge in [0.05, 0.1) is 7.11 Å². The van der Waals surface area contributed by atoms with Crippen LogP contribution in [0.1, 0.15) is 33.3 Å². The van der Waals surface area contributed by atoms with Crippen LogP contribution < -0.4 is 0 Å². The molecule has 7 nitrogen and oxygen atoms in total. The monoisotopic (exact) mass is 356 g/mol. The zero-order chi connectivity index (χ0) is 19.3. The number of halogens is 1. The van der Waals surface area contributed by atoms with Gasteiger partial charge in [-0.05, 0) is 45.4 Å². The number of phenolic OH excluding ortho intramolecular Hbond substituents is 1. The molecule has 0 saturated carbocycles. The summed E-state index contributed by atoms with van der Waals surface area (Å²) in [7, 11) is 1.15. The molecule has 0 amide bonds. The highest BCUT2D eigenvalue weighted by atomic mass is 18.2. The zero-order valence-electron chi connectivity index (χ0n) is 15.0. The lowest BCUT2D eigenvalue weighted by Gasteiger charge is -2.35. The molecule has 0 aliphatic rings. The standard InChI is InChI=1S/C17H24FNO6/c1-16(2,3)24-15(22)25-19(11-18)17(4,14(21)23-5)10-12-6-8-13(20)9-7-12/h6-9,20H,10-11H2,1-5H3/i18-1. The molecule has 0 aliphatic carbocycles. The number of carbonyl (C=O) groups excluding carboxylic acids is 2. The van der Waals surface area contributed by atoms with E-state index in [0.717, 1.165) is 7.11 Å². The minimum atomic E-state index is -1.63. The average Bonchev–Trinajstić information content (AvgIpc) is 2.52. The summed E-state index contributed by atoms with van der Waals surface area (Å²) in [6.07, 6.45) is -1.15. The molecule has 1 aromatic rings. The lowest BCUT2D eigenvalue weighted by atomic mass is 9.92. The molecule has 1 rings (SSSR count). The Morgan fingerprint density at radius 3 is 2.16 bits per heavy atom. The lowest BCUT2D eigenvalue weighted by Crippen LogP contribution is -2.55. The summed E-state index contributed by atoms with van der Waals surface area (Å²) in [5.41, 5.74) is -1.85. The van der Waals surface area contributed by atoms with Crippen LogP contribution in [0.25, 0.3) is 0 Å². The van der Waals surface area contributed by atoms with Crippen LogP contribution in [0.3, 0.4) is 0 Å². The fourth-order valence-electron chi connectivity index (χ4n) is 2.11. The van der Waals surface area contributed by atoms with Gasteiger partial charge in [-0.3, -0.25) is 0 Å². The molecule has 0 bridgehead atoms. The van der Waals surface area contributed by atoms with Gasteiger partial charge in [0.25, 0.3) is 0 Å². The van der Waals surface area contributed by atoms with Gasteiger partial charge in [-0.25, -0.2) is 14.0 Å². The Hall–Kier alpha value is -2.35. The Kier molecular flexibility index (Phi) is 6.75. The minimum Gasteiger partial charge on any atom is -0.508 e. The Labute approximate surface area is 146 Å². The number of carbonyl (C=O) groups is 2. The number of ether oxygens (including phenoxy) is 2. The van der Waals surface area contributed by atoms with E-state index in [1.807, 2.05) is 0 Å². The van der Waals surface area contributed by atoms with Crippen LogP contribution in [-0.2, 0) is 25.5 Å². The molecule has 25 heavy (non-hydrogen) atoms. The Morgan fingerprint density at radius 1 is 1.16 bits per heavy atom. The van der Waals surface area contributed by atoms with Crippen molar-refractivity contribution in [2.45, 2.75) is 45.3 Å². The van der Waals surface area contributed by atoms with Crippen molar-refractivity contribution in [3.8, 4) is 5.75 Å². The van der Waals surface area contributed by atoms with E-state index in [0.29, 0.717) is 10.6 Å². The zero-order valence-corrected chi connectivity index (χ0v) is 15.0. The fourth-order valence-corrected chi connectivity index (χ4v) is 2.11. The molecule has 1 unspecified atom stereocenters. The highest BCUT2D eigenvalue weighted by Crippen LogP contribution is 2.25. The molecule has 1 atom stereocenters. The number of benzene rings is 1. The smallest absolute Gasteiger partial charge is 0.508 e. The van der Waals surface area contributed by atoms with Crippen molar-refractivity contribution in [3.63, 3.8) is 0 Å². The van der Waals surface area contributed by atoms with Gasteiger partial charge < -0.3 is 19.4 Å². The molecule has 140 valence electrons. The molecule has 0 aliphatic heterocycles. The van der Waals surface area contributed by atoms with Crippen LogP contribution in [0.15, 0.2) is 24.3 Å². The molecular weight excluding hydrogens is 332 g/mol. The van der Waals surface area contributed by atoms with Crippen LogP contribution in [0, 0.1) is 0 Å².